The molecule has 1 aromatic rings. The van der Waals surface area contributed by atoms with E-state index in [1.54, 1.807) is 0 Å². The zero-order chi connectivity index (χ0) is 10.6. The fourth-order valence-electron chi connectivity index (χ4n) is 0.992. The first-order valence-corrected chi connectivity index (χ1v) is 4.01. The summed E-state index contributed by atoms with van der Waals surface area (Å²) < 4.78 is 5.04. The number of carbonyl (C=O) groups excluding carboxylic acids is 1. The number of hydrogen-bond acceptors (Lipinski definition) is 4. The molecule has 4 N–H and O–H groups in total. The molecule has 1 aromatic carbocycles. The van der Waals surface area contributed by atoms with Gasteiger partial charge < -0.3 is 20.7 Å². The Bertz CT molecular complexity index is 338. The zero-order valence-electron chi connectivity index (χ0n) is 7.43. The van der Waals surface area contributed by atoms with Gasteiger partial charge in [0.25, 0.3) is 5.91 Å². The molecule has 5 nitrogen and oxygen atoms in total. The molecular formula is C9H11NO4. The molecule has 0 aliphatic heterocycles. The summed E-state index contributed by atoms with van der Waals surface area (Å²) in [4.78, 5) is 10.9. The third-order valence-corrected chi connectivity index (χ3v) is 1.58. The number of phenols is 1. The molecule has 0 heterocycles. The van der Waals surface area contributed by atoms with E-state index in [0.29, 0.717) is 0 Å². The van der Waals surface area contributed by atoms with E-state index in [1.807, 2.05) is 0 Å². The number of amides is 1. The Morgan fingerprint density at radius 2 is 2.21 bits per heavy atom. The van der Waals surface area contributed by atoms with Crippen molar-refractivity contribution in [3.63, 3.8) is 0 Å². The Morgan fingerprint density at radius 1 is 1.50 bits per heavy atom. The van der Waals surface area contributed by atoms with E-state index >= 15 is 0 Å². The molecule has 0 fully saturated rings. The summed E-state index contributed by atoms with van der Waals surface area (Å²) in [6, 6.07) is 4.01. The van der Waals surface area contributed by atoms with Crippen LogP contribution in [0.4, 0.5) is 0 Å². The Kier molecular flexibility index (Phi) is 3.30. The Hall–Kier alpha value is -1.75. The van der Waals surface area contributed by atoms with Crippen molar-refractivity contribution in [3.8, 4) is 11.5 Å². The van der Waals surface area contributed by atoms with Crippen LogP contribution in [0.15, 0.2) is 18.2 Å². The molecule has 0 saturated carbocycles. The van der Waals surface area contributed by atoms with Gasteiger partial charge in [0.05, 0.1) is 12.2 Å². The van der Waals surface area contributed by atoms with Gasteiger partial charge in [-0.05, 0) is 18.2 Å². The first-order valence-electron chi connectivity index (χ1n) is 4.01. The predicted molar refractivity (Wildman–Crippen MR) is 49.2 cm³/mol. The minimum absolute atomic E-state index is 0.0600. The lowest BCUT2D eigenvalue weighted by Crippen LogP contribution is -2.14. The number of benzene rings is 1. The van der Waals surface area contributed by atoms with E-state index in [9.17, 15) is 4.79 Å². The molecule has 0 unspecified atom stereocenters. The summed E-state index contributed by atoms with van der Waals surface area (Å²) in [5.41, 5.74) is 5.16. The highest BCUT2D eigenvalue weighted by molar-refractivity contribution is 5.96. The summed E-state index contributed by atoms with van der Waals surface area (Å²) in [6.07, 6.45) is 0. The van der Waals surface area contributed by atoms with E-state index in [-0.39, 0.29) is 30.3 Å². The van der Waals surface area contributed by atoms with E-state index < -0.39 is 5.91 Å². The maximum absolute atomic E-state index is 10.9. The van der Waals surface area contributed by atoms with Crippen molar-refractivity contribution in [1.82, 2.24) is 0 Å². The second-order valence-electron chi connectivity index (χ2n) is 2.62. The van der Waals surface area contributed by atoms with Gasteiger partial charge in [0.2, 0.25) is 0 Å². The highest BCUT2D eigenvalue weighted by atomic mass is 16.5. The largest absolute Gasteiger partial charge is 0.508 e. The summed E-state index contributed by atoms with van der Waals surface area (Å²) in [6.45, 7) is -0.0792. The van der Waals surface area contributed by atoms with Crippen molar-refractivity contribution in [2.45, 2.75) is 0 Å². The van der Waals surface area contributed by atoms with Gasteiger partial charge >= 0.3 is 0 Å². The minimum Gasteiger partial charge on any atom is -0.508 e. The number of aliphatic hydroxyl groups is 1. The van der Waals surface area contributed by atoms with Crippen molar-refractivity contribution in [3.05, 3.63) is 23.8 Å². The molecule has 0 aliphatic carbocycles. The van der Waals surface area contributed by atoms with Gasteiger partial charge in [-0.1, -0.05) is 0 Å². The molecule has 0 spiro atoms. The topological polar surface area (TPSA) is 92.8 Å². The smallest absolute Gasteiger partial charge is 0.252 e. The summed E-state index contributed by atoms with van der Waals surface area (Å²) in [5.74, 6) is -0.492. The monoisotopic (exact) mass is 197 g/mol. The van der Waals surface area contributed by atoms with Crippen LogP contribution < -0.4 is 10.5 Å². The Morgan fingerprint density at radius 3 is 2.79 bits per heavy atom. The van der Waals surface area contributed by atoms with Crippen molar-refractivity contribution in [1.29, 1.82) is 0 Å². The summed E-state index contributed by atoms with van der Waals surface area (Å²) >= 11 is 0. The maximum Gasteiger partial charge on any atom is 0.252 e. The van der Waals surface area contributed by atoms with Gasteiger partial charge in [-0.25, -0.2) is 0 Å². The molecule has 5 heteroatoms. The molecule has 0 bridgehead atoms. The molecule has 0 saturated heterocycles. The number of primary amides is 1. The standard InChI is InChI=1S/C9H11NO4/c10-9(13)7-5-6(12)1-2-8(7)14-4-3-11/h1-2,5,11-12H,3-4H2,(H2,10,13). The maximum atomic E-state index is 10.9. The van der Waals surface area contributed by atoms with Crippen LogP contribution in [0.2, 0.25) is 0 Å². The lowest BCUT2D eigenvalue weighted by molar-refractivity contribution is 0.0994. The van der Waals surface area contributed by atoms with E-state index in [1.165, 1.54) is 18.2 Å². The van der Waals surface area contributed by atoms with Gasteiger partial charge in [0.15, 0.2) is 0 Å². The zero-order valence-corrected chi connectivity index (χ0v) is 7.43. The number of aliphatic hydroxyl groups excluding tert-OH is 1. The molecule has 0 aromatic heterocycles. The number of rotatable bonds is 4. The second kappa shape index (κ2) is 4.48. The average molecular weight is 197 g/mol. The Balaban J connectivity index is 2.96. The highest BCUT2D eigenvalue weighted by Crippen LogP contribution is 2.22. The average Bonchev–Trinajstić information content (AvgIpc) is 2.15. The third-order valence-electron chi connectivity index (χ3n) is 1.58. The lowest BCUT2D eigenvalue weighted by Gasteiger charge is -2.08. The lowest BCUT2D eigenvalue weighted by atomic mass is 10.2. The molecule has 0 radical (unpaired) electrons. The van der Waals surface area contributed by atoms with Crippen molar-refractivity contribution in [2.24, 2.45) is 5.73 Å². The second-order valence-corrected chi connectivity index (χ2v) is 2.62. The fraction of sp³-hybridized carbons (Fsp3) is 0.222. The molecule has 76 valence electrons. The first kappa shape index (κ1) is 10.3. The highest BCUT2D eigenvalue weighted by Gasteiger charge is 2.09. The third kappa shape index (κ3) is 2.37. The van der Waals surface area contributed by atoms with Crippen LogP contribution in [0.1, 0.15) is 10.4 Å². The summed E-state index contributed by atoms with van der Waals surface area (Å²) in [7, 11) is 0. The van der Waals surface area contributed by atoms with Gasteiger partial charge in [-0.15, -0.1) is 0 Å². The van der Waals surface area contributed by atoms with Crippen LogP contribution in [0, 0.1) is 0 Å². The molecule has 0 atom stereocenters. The molecule has 14 heavy (non-hydrogen) atoms. The SMILES string of the molecule is NC(=O)c1cc(O)ccc1OCCO. The number of carbonyl (C=O) groups is 1. The van der Waals surface area contributed by atoms with Crippen LogP contribution in [-0.4, -0.2) is 29.3 Å². The van der Waals surface area contributed by atoms with Gasteiger partial charge in [-0.3, -0.25) is 4.79 Å². The van der Waals surface area contributed by atoms with E-state index in [0.717, 1.165) is 0 Å². The molecule has 1 amide bonds. The van der Waals surface area contributed by atoms with Crippen LogP contribution in [-0.2, 0) is 0 Å². The number of ether oxygens (including phenoxy) is 1. The molecule has 0 aliphatic rings. The van der Waals surface area contributed by atoms with Gasteiger partial charge in [0, 0.05) is 0 Å². The van der Waals surface area contributed by atoms with Crippen molar-refractivity contribution in [2.75, 3.05) is 13.2 Å². The number of phenolic OH excluding ortho intramolecular Hbond substituents is 1. The van der Waals surface area contributed by atoms with Gasteiger partial charge in [-0.2, -0.15) is 0 Å². The van der Waals surface area contributed by atoms with Crippen LogP contribution >= 0.6 is 0 Å². The number of hydrogen-bond donors (Lipinski definition) is 3. The quantitative estimate of drug-likeness (QED) is 0.626. The number of aromatic hydroxyl groups is 1. The van der Waals surface area contributed by atoms with E-state index in [4.69, 9.17) is 20.7 Å². The molecule has 1 rings (SSSR count). The van der Waals surface area contributed by atoms with Crippen molar-refractivity contribution >= 4 is 5.91 Å². The predicted octanol–water partition coefficient (Wildman–Crippen LogP) is -0.138. The minimum atomic E-state index is -0.686. The first-order chi connectivity index (χ1) is 6.65. The van der Waals surface area contributed by atoms with Crippen LogP contribution in [0.3, 0.4) is 0 Å². The normalized spacial score (nSPS) is 9.79. The molecular weight excluding hydrogens is 186 g/mol. The number of nitrogens with two attached hydrogens (primary N) is 1. The van der Waals surface area contributed by atoms with Crippen molar-refractivity contribution < 1.29 is 19.7 Å². The summed E-state index contributed by atoms with van der Waals surface area (Å²) in [5, 5.41) is 17.6. The van der Waals surface area contributed by atoms with Crippen LogP contribution in [0.25, 0.3) is 0 Å². The Labute approximate surface area is 80.7 Å². The van der Waals surface area contributed by atoms with E-state index in [2.05, 4.69) is 0 Å². The fourth-order valence-corrected chi connectivity index (χ4v) is 0.992. The van der Waals surface area contributed by atoms with Gasteiger partial charge in [0.1, 0.15) is 18.1 Å². The van der Waals surface area contributed by atoms with Crippen LogP contribution in [0.5, 0.6) is 11.5 Å².